The number of fused-ring (bicyclic) bond motifs is 6. The minimum absolute atomic E-state index is 0.954. The van der Waals surface area contributed by atoms with Gasteiger partial charge < -0.3 is 0 Å². The first-order chi connectivity index (χ1) is 13.4. The lowest BCUT2D eigenvalue weighted by atomic mass is 10.0. The van der Waals surface area contributed by atoms with Gasteiger partial charge in [-0.3, -0.25) is 4.57 Å². The first-order valence-corrected chi connectivity index (χ1v) is 9.16. The average Bonchev–Trinajstić information content (AvgIpc) is 3.08. The quantitative estimate of drug-likeness (QED) is 0.333. The number of pyridine rings is 1. The van der Waals surface area contributed by atoms with Crippen LogP contribution in [0.1, 0.15) is 0 Å². The van der Waals surface area contributed by atoms with E-state index >= 15 is 0 Å². The van der Waals surface area contributed by atoms with Crippen molar-refractivity contribution in [2.24, 2.45) is 0 Å². The predicted molar refractivity (Wildman–Crippen MR) is 114 cm³/mol. The zero-order valence-corrected chi connectivity index (χ0v) is 14.6. The zero-order chi connectivity index (χ0) is 17.8. The van der Waals surface area contributed by atoms with Crippen LogP contribution < -0.4 is 0 Å². The molecule has 0 spiro atoms. The molecular weight excluding hydrogens is 328 g/mol. The molecule has 0 N–H and O–H groups in total. The van der Waals surface area contributed by atoms with Gasteiger partial charge in [0.25, 0.3) is 0 Å². The van der Waals surface area contributed by atoms with Gasteiger partial charge in [0.1, 0.15) is 5.82 Å². The second-order valence-electron chi connectivity index (χ2n) is 6.92. The predicted octanol–water partition coefficient (Wildman–Crippen LogP) is 6.49. The number of nitrogens with zero attached hydrogens (tertiary/aromatic N) is 2. The molecule has 0 saturated carbocycles. The topological polar surface area (TPSA) is 17.8 Å². The van der Waals surface area contributed by atoms with Crippen LogP contribution in [0.4, 0.5) is 0 Å². The summed E-state index contributed by atoms with van der Waals surface area (Å²) in [6.07, 6.45) is 1.96. The zero-order valence-electron chi connectivity index (χ0n) is 14.6. The van der Waals surface area contributed by atoms with Crippen molar-refractivity contribution < 1.29 is 0 Å². The van der Waals surface area contributed by atoms with Crippen LogP contribution in [0.2, 0.25) is 0 Å². The lowest BCUT2D eigenvalue weighted by Gasteiger charge is -2.08. The molecule has 6 aromatic rings. The van der Waals surface area contributed by atoms with E-state index in [4.69, 9.17) is 4.98 Å². The lowest BCUT2D eigenvalue weighted by Crippen LogP contribution is -1.97. The Kier molecular flexibility index (Phi) is 2.91. The second-order valence-corrected chi connectivity index (χ2v) is 6.92. The number of rotatable bonds is 1. The number of hydrogen-bond acceptors (Lipinski definition) is 1. The van der Waals surface area contributed by atoms with Gasteiger partial charge in [-0.15, -0.1) is 0 Å². The number of para-hydroxylation sites is 1. The SMILES string of the molecule is c1ccc2cc(-n3c4ccccc4c4c5ccccc5ccc43)ncc2c1. The smallest absolute Gasteiger partial charge is 0.138 e. The van der Waals surface area contributed by atoms with Gasteiger partial charge in [-0.05, 0) is 34.4 Å². The molecule has 0 bridgehead atoms. The highest BCUT2D eigenvalue weighted by Gasteiger charge is 2.15. The van der Waals surface area contributed by atoms with Crippen LogP contribution in [0.3, 0.4) is 0 Å². The molecule has 0 aliphatic rings. The van der Waals surface area contributed by atoms with Crippen molar-refractivity contribution >= 4 is 43.4 Å². The van der Waals surface area contributed by atoms with Crippen LogP contribution in [0.5, 0.6) is 0 Å². The van der Waals surface area contributed by atoms with Crippen LogP contribution >= 0.6 is 0 Å². The fourth-order valence-electron chi connectivity index (χ4n) is 4.18. The maximum Gasteiger partial charge on any atom is 0.138 e. The van der Waals surface area contributed by atoms with Gasteiger partial charge in [0.2, 0.25) is 0 Å². The molecule has 4 aromatic carbocycles. The van der Waals surface area contributed by atoms with E-state index in [1.807, 2.05) is 6.20 Å². The van der Waals surface area contributed by atoms with Crippen molar-refractivity contribution in [3.8, 4) is 5.82 Å². The van der Waals surface area contributed by atoms with Gasteiger partial charge >= 0.3 is 0 Å². The van der Waals surface area contributed by atoms with E-state index in [-0.39, 0.29) is 0 Å². The van der Waals surface area contributed by atoms with Crippen molar-refractivity contribution in [1.82, 2.24) is 9.55 Å². The molecule has 2 aromatic heterocycles. The lowest BCUT2D eigenvalue weighted by molar-refractivity contribution is 1.09. The summed E-state index contributed by atoms with van der Waals surface area (Å²) in [6, 6.07) is 32.2. The normalized spacial score (nSPS) is 11.7. The van der Waals surface area contributed by atoms with Crippen LogP contribution in [0, 0.1) is 0 Å². The van der Waals surface area contributed by atoms with Gasteiger partial charge in [0.15, 0.2) is 0 Å². The second kappa shape index (κ2) is 5.42. The third kappa shape index (κ3) is 2.04. The highest BCUT2D eigenvalue weighted by molar-refractivity contribution is 6.21. The van der Waals surface area contributed by atoms with E-state index < -0.39 is 0 Å². The van der Waals surface area contributed by atoms with Crippen molar-refractivity contribution in [2.75, 3.05) is 0 Å². The average molecular weight is 344 g/mol. The highest BCUT2D eigenvalue weighted by Crippen LogP contribution is 2.36. The molecule has 0 aliphatic heterocycles. The Labute approximate surface area is 156 Å². The summed E-state index contributed by atoms with van der Waals surface area (Å²) in [5.41, 5.74) is 2.38. The molecule has 27 heavy (non-hydrogen) atoms. The summed E-state index contributed by atoms with van der Waals surface area (Å²) < 4.78 is 2.28. The summed E-state index contributed by atoms with van der Waals surface area (Å²) in [4.78, 5) is 4.79. The summed E-state index contributed by atoms with van der Waals surface area (Å²) in [5, 5.41) is 7.46. The number of aromatic nitrogens is 2. The first-order valence-electron chi connectivity index (χ1n) is 9.16. The van der Waals surface area contributed by atoms with Gasteiger partial charge in [-0.2, -0.15) is 0 Å². The Morgan fingerprint density at radius 1 is 0.556 bits per heavy atom. The largest absolute Gasteiger partial charge is 0.294 e. The monoisotopic (exact) mass is 344 g/mol. The molecular formula is C25H16N2. The molecule has 2 heteroatoms. The van der Waals surface area contributed by atoms with E-state index in [1.165, 1.54) is 38.0 Å². The third-order valence-corrected chi connectivity index (χ3v) is 5.41. The Balaban J connectivity index is 1.81. The molecule has 0 fully saturated rings. The molecule has 0 radical (unpaired) electrons. The Bertz CT molecular complexity index is 1470. The van der Waals surface area contributed by atoms with E-state index in [1.54, 1.807) is 0 Å². The summed E-state index contributed by atoms with van der Waals surface area (Å²) >= 11 is 0. The fourth-order valence-corrected chi connectivity index (χ4v) is 4.18. The Hall–Kier alpha value is -3.65. The van der Waals surface area contributed by atoms with E-state index in [0.717, 1.165) is 11.2 Å². The highest BCUT2D eigenvalue weighted by atomic mass is 15.1. The standard InChI is InChI=1S/C25H16N2/c1-2-9-19-16-26-24(15-18(19)8-1)27-22-12-6-5-11-21(22)25-20-10-4-3-7-17(20)13-14-23(25)27/h1-16H. The van der Waals surface area contributed by atoms with E-state index in [0.29, 0.717) is 0 Å². The molecule has 0 saturated heterocycles. The summed E-state index contributed by atoms with van der Waals surface area (Å²) in [6.45, 7) is 0. The van der Waals surface area contributed by atoms with Crippen LogP contribution in [-0.4, -0.2) is 9.55 Å². The first kappa shape index (κ1) is 14.5. The van der Waals surface area contributed by atoms with Crippen LogP contribution in [0.25, 0.3) is 49.2 Å². The van der Waals surface area contributed by atoms with Gasteiger partial charge in [0, 0.05) is 22.4 Å². The third-order valence-electron chi connectivity index (χ3n) is 5.41. The van der Waals surface area contributed by atoms with Crippen molar-refractivity contribution in [3.63, 3.8) is 0 Å². The van der Waals surface area contributed by atoms with Crippen LogP contribution in [-0.2, 0) is 0 Å². The van der Waals surface area contributed by atoms with Crippen molar-refractivity contribution in [3.05, 3.63) is 97.2 Å². The van der Waals surface area contributed by atoms with Crippen LogP contribution in [0.15, 0.2) is 97.2 Å². The van der Waals surface area contributed by atoms with E-state index in [2.05, 4.69) is 95.6 Å². The molecule has 0 amide bonds. The van der Waals surface area contributed by atoms with Gasteiger partial charge in [-0.25, -0.2) is 4.98 Å². The molecule has 0 aliphatic carbocycles. The van der Waals surface area contributed by atoms with Crippen molar-refractivity contribution in [2.45, 2.75) is 0 Å². The fraction of sp³-hybridized carbons (Fsp3) is 0. The number of benzene rings is 4. The molecule has 6 rings (SSSR count). The molecule has 2 nitrogen and oxygen atoms in total. The Morgan fingerprint density at radius 2 is 1.26 bits per heavy atom. The molecule has 2 heterocycles. The molecule has 126 valence electrons. The van der Waals surface area contributed by atoms with E-state index in [9.17, 15) is 0 Å². The summed E-state index contributed by atoms with van der Waals surface area (Å²) in [7, 11) is 0. The Morgan fingerprint density at radius 3 is 2.15 bits per heavy atom. The maximum atomic E-state index is 4.79. The molecule has 0 atom stereocenters. The minimum Gasteiger partial charge on any atom is -0.294 e. The number of hydrogen-bond donors (Lipinski definition) is 0. The summed E-state index contributed by atoms with van der Waals surface area (Å²) in [5.74, 6) is 0.954. The molecule has 0 unspecified atom stereocenters. The maximum absolute atomic E-state index is 4.79. The van der Waals surface area contributed by atoms with Gasteiger partial charge in [-0.1, -0.05) is 72.8 Å². The minimum atomic E-state index is 0.954. The van der Waals surface area contributed by atoms with Gasteiger partial charge in [0.05, 0.1) is 11.0 Å². The van der Waals surface area contributed by atoms with Crippen molar-refractivity contribution in [1.29, 1.82) is 0 Å².